The molecule has 2 saturated carbocycles. The number of amides is 1. The molecule has 0 aliphatic heterocycles. The summed E-state index contributed by atoms with van der Waals surface area (Å²) in [5, 5.41) is 3.10. The molecule has 1 N–H and O–H groups in total. The molecule has 1 aromatic heterocycles. The lowest BCUT2D eigenvalue weighted by atomic mass is 9.84. The topological polar surface area (TPSA) is 51.5 Å². The Morgan fingerprint density at radius 2 is 2.04 bits per heavy atom. The fourth-order valence-corrected chi connectivity index (χ4v) is 4.55. The average Bonchev–Trinajstić information content (AvgIpc) is 3.37. The van der Waals surface area contributed by atoms with Crippen molar-refractivity contribution in [2.45, 2.75) is 45.3 Å². The summed E-state index contributed by atoms with van der Waals surface area (Å²) in [5.41, 5.74) is 0. The molecule has 0 spiro atoms. The molecular formula is C21H24FNO3. The minimum absolute atomic E-state index is 0.168. The van der Waals surface area contributed by atoms with Gasteiger partial charge in [0.2, 0.25) is 0 Å². The van der Waals surface area contributed by atoms with E-state index in [1.165, 1.54) is 37.8 Å². The lowest BCUT2D eigenvalue weighted by Gasteiger charge is -2.28. The van der Waals surface area contributed by atoms with E-state index in [2.05, 4.69) is 12.2 Å². The van der Waals surface area contributed by atoms with Crippen LogP contribution in [0.2, 0.25) is 0 Å². The number of carbonyl (C=O) groups excluding carboxylic acids is 1. The molecule has 2 aliphatic carbocycles. The van der Waals surface area contributed by atoms with Gasteiger partial charge >= 0.3 is 0 Å². The van der Waals surface area contributed by atoms with Crippen molar-refractivity contribution in [1.29, 1.82) is 0 Å². The predicted molar refractivity (Wildman–Crippen MR) is 95.3 cm³/mol. The predicted octanol–water partition coefficient (Wildman–Crippen LogP) is 4.55. The molecule has 4 rings (SSSR count). The summed E-state index contributed by atoms with van der Waals surface area (Å²) in [6, 6.07) is 9.38. The van der Waals surface area contributed by atoms with Crippen molar-refractivity contribution in [2.24, 2.45) is 17.8 Å². The van der Waals surface area contributed by atoms with Crippen LogP contribution < -0.4 is 10.1 Å². The summed E-state index contributed by atoms with van der Waals surface area (Å²) >= 11 is 0. The Morgan fingerprint density at radius 1 is 1.23 bits per heavy atom. The van der Waals surface area contributed by atoms with Gasteiger partial charge in [-0.05, 0) is 80.3 Å². The molecule has 4 nitrogen and oxygen atoms in total. The first-order chi connectivity index (χ1) is 12.6. The number of furan rings is 1. The highest BCUT2D eigenvalue weighted by atomic mass is 19.1. The summed E-state index contributed by atoms with van der Waals surface area (Å²) < 4.78 is 24.0. The molecule has 2 fully saturated rings. The van der Waals surface area contributed by atoms with Crippen molar-refractivity contribution in [3.05, 3.63) is 53.7 Å². The van der Waals surface area contributed by atoms with E-state index in [0.29, 0.717) is 23.2 Å². The molecule has 2 aliphatic rings. The molecule has 2 bridgehead atoms. The van der Waals surface area contributed by atoms with Crippen LogP contribution >= 0.6 is 0 Å². The highest BCUT2D eigenvalue weighted by molar-refractivity contribution is 5.91. The van der Waals surface area contributed by atoms with Crippen LogP contribution in [0, 0.1) is 23.6 Å². The molecule has 1 amide bonds. The summed E-state index contributed by atoms with van der Waals surface area (Å²) in [6.07, 6.45) is 5.23. The molecule has 1 aromatic carbocycles. The Hall–Kier alpha value is -2.30. The number of halogens is 1. The SMILES string of the molecule is C[C@@H](NC(=O)c1ccc(COc2ccc(F)cc2)o1)[C@H]1C[C@@H]2CC[C@@H]1C2. The number of nitrogens with one attached hydrogen (secondary N) is 1. The van der Waals surface area contributed by atoms with Gasteiger partial charge in [0.15, 0.2) is 5.76 Å². The average molecular weight is 357 g/mol. The second kappa shape index (κ2) is 7.14. The van der Waals surface area contributed by atoms with E-state index in [4.69, 9.17) is 9.15 Å². The maximum Gasteiger partial charge on any atom is 0.287 e. The summed E-state index contributed by atoms with van der Waals surface area (Å²) in [6.45, 7) is 2.30. The van der Waals surface area contributed by atoms with Gasteiger partial charge in [0, 0.05) is 6.04 Å². The van der Waals surface area contributed by atoms with Gasteiger partial charge in [-0.1, -0.05) is 6.42 Å². The van der Waals surface area contributed by atoms with Crippen LogP contribution in [0.3, 0.4) is 0 Å². The van der Waals surface area contributed by atoms with Crippen LogP contribution in [-0.2, 0) is 6.61 Å². The normalized spacial score (nSPS) is 25.2. The number of hydrogen-bond acceptors (Lipinski definition) is 3. The Kier molecular flexibility index (Phi) is 4.70. The third-order valence-corrected chi connectivity index (χ3v) is 5.87. The lowest BCUT2D eigenvalue weighted by molar-refractivity contribution is 0.0883. The number of ether oxygens (including phenoxy) is 1. The smallest absolute Gasteiger partial charge is 0.287 e. The fraction of sp³-hybridized carbons (Fsp3) is 0.476. The van der Waals surface area contributed by atoms with E-state index < -0.39 is 0 Å². The molecule has 0 unspecified atom stereocenters. The molecule has 5 heteroatoms. The molecule has 0 saturated heterocycles. The van der Waals surface area contributed by atoms with Gasteiger partial charge in [-0.2, -0.15) is 0 Å². The molecule has 1 heterocycles. The van der Waals surface area contributed by atoms with Crippen molar-refractivity contribution in [2.75, 3.05) is 0 Å². The number of rotatable bonds is 6. The first kappa shape index (κ1) is 17.1. The van der Waals surface area contributed by atoms with Crippen molar-refractivity contribution in [1.82, 2.24) is 5.32 Å². The minimum atomic E-state index is -0.307. The molecule has 0 radical (unpaired) electrons. The zero-order chi connectivity index (χ0) is 18.1. The number of benzene rings is 1. The lowest BCUT2D eigenvalue weighted by Crippen LogP contribution is -2.40. The van der Waals surface area contributed by atoms with Crippen LogP contribution in [0.1, 0.15) is 48.9 Å². The third-order valence-electron chi connectivity index (χ3n) is 5.87. The maximum absolute atomic E-state index is 12.9. The Balaban J connectivity index is 1.30. The van der Waals surface area contributed by atoms with Gasteiger partial charge in [0.05, 0.1) is 0 Å². The van der Waals surface area contributed by atoms with Gasteiger partial charge in [-0.25, -0.2) is 4.39 Å². The molecule has 138 valence electrons. The van der Waals surface area contributed by atoms with Crippen LogP contribution in [0.5, 0.6) is 5.75 Å². The fourth-order valence-electron chi connectivity index (χ4n) is 4.55. The number of hydrogen-bond donors (Lipinski definition) is 1. The largest absolute Gasteiger partial charge is 0.486 e. The maximum atomic E-state index is 12.9. The number of fused-ring (bicyclic) bond motifs is 2. The van der Waals surface area contributed by atoms with E-state index in [0.717, 1.165) is 11.8 Å². The van der Waals surface area contributed by atoms with Crippen LogP contribution in [-0.4, -0.2) is 11.9 Å². The first-order valence-electron chi connectivity index (χ1n) is 9.36. The van der Waals surface area contributed by atoms with Crippen LogP contribution in [0.25, 0.3) is 0 Å². The van der Waals surface area contributed by atoms with E-state index in [-0.39, 0.29) is 24.4 Å². The highest BCUT2D eigenvalue weighted by Gasteiger charge is 2.42. The molecule has 26 heavy (non-hydrogen) atoms. The van der Waals surface area contributed by atoms with E-state index >= 15 is 0 Å². The van der Waals surface area contributed by atoms with E-state index in [9.17, 15) is 9.18 Å². The van der Waals surface area contributed by atoms with Gasteiger partial charge in [-0.3, -0.25) is 4.79 Å². The Morgan fingerprint density at radius 3 is 2.73 bits per heavy atom. The summed E-state index contributed by atoms with van der Waals surface area (Å²) in [5.74, 6) is 3.17. The van der Waals surface area contributed by atoms with Crippen molar-refractivity contribution in [3.8, 4) is 5.75 Å². The highest BCUT2D eigenvalue weighted by Crippen LogP contribution is 2.49. The zero-order valence-corrected chi connectivity index (χ0v) is 14.9. The molecule has 4 atom stereocenters. The van der Waals surface area contributed by atoms with Gasteiger partial charge in [0.25, 0.3) is 5.91 Å². The first-order valence-corrected chi connectivity index (χ1v) is 9.36. The zero-order valence-electron chi connectivity index (χ0n) is 14.9. The van der Waals surface area contributed by atoms with E-state index in [1.54, 1.807) is 24.3 Å². The van der Waals surface area contributed by atoms with Crippen molar-refractivity contribution >= 4 is 5.91 Å². The Bertz CT molecular complexity index is 770. The molecule has 2 aromatic rings. The second-order valence-electron chi connectivity index (χ2n) is 7.61. The number of carbonyl (C=O) groups is 1. The van der Waals surface area contributed by atoms with Gasteiger partial charge in [-0.15, -0.1) is 0 Å². The van der Waals surface area contributed by atoms with Crippen LogP contribution in [0.15, 0.2) is 40.8 Å². The minimum Gasteiger partial charge on any atom is -0.486 e. The molecular weight excluding hydrogens is 333 g/mol. The Labute approximate surface area is 152 Å². The quantitative estimate of drug-likeness (QED) is 0.825. The van der Waals surface area contributed by atoms with Crippen molar-refractivity contribution < 1.29 is 18.3 Å². The van der Waals surface area contributed by atoms with Gasteiger partial charge < -0.3 is 14.5 Å². The standard InChI is InChI=1S/C21H24FNO3/c1-13(19-11-14-2-3-15(19)10-14)23-21(24)20-9-8-18(26-20)12-25-17-6-4-16(22)5-7-17/h4-9,13-15,19H,2-3,10-12H2,1H3,(H,23,24)/t13-,14-,15-,19-/m1/s1. The summed E-state index contributed by atoms with van der Waals surface area (Å²) in [4.78, 5) is 12.5. The van der Waals surface area contributed by atoms with Crippen LogP contribution in [0.4, 0.5) is 4.39 Å². The van der Waals surface area contributed by atoms with Gasteiger partial charge in [0.1, 0.15) is 23.9 Å². The third kappa shape index (κ3) is 3.62. The summed E-state index contributed by atoms with van der Waals surface area (Å²) in [7, 11) is 0. The monoisotopic (exact) mass is 357 g/mol. The van der Waals surface area contributed by atoms with E-state index in [1.807, 2.05) is 0 Å². The van der Waals surface area contributed by atoms with Crippen molar-refractivity contribution in [3.63, 3.8) is 0 Å². The second-order valence-corrected chi connectivity index (χ2v) is 7.61.